The SMILES string of the molecule is Cc1cnc(=O)n(O)c1C. The summed E-state index contributed by atoms with van der Waals surface area (Å²) < 4.78 is 0.537. The van der Waals surface area contributed by atoms with Crippen LogP contribution in [0.1, 0.15) is 11.3 Å². The van der Waals surface area contributed by atoms with Gasteiger partial charge < -0.3 is 5.21 Å². The van der Waals surface area contributed by atoms with Gasteiger partial charge in [0, 0.05) is 6.20 Å². The Morgan fingerprint density at radius 2 is 2.20 bits per heavy atom. The quantitative estimate of drug-likeness (QED) is 0.520. The number of hydrogen-bond donors (Lipinski definition) is 1. The molecule has 0 amide bonds. The average Bonchev–Trinajstić information content (AvgIpc) is 1.93. The molecule has 0 spiro atoms. The van der Waals surface area contributed by atoms with E-state index in [1.807, 2.05) is 0 Å². The molecule has 10 heavy (non-hydrogen) atoms. The summed E-state index contributed by atoms with van der Waals surface area (Å²) in [5.41, 5.74) is 0.685. The summed E-state index contributed by atoms with van der Waals surface area (Å²) in [4.78, 5) is 14.0. The Bertz CT molecular complexity index is 303. The highest BCUT2D eigenvalue weighted by Gasteiger charge is 1.99. The molecule has 1 aromatic heterocycles. The van der Waals surface area contributed by atoms with Gasteiger partial charge in [0.25, 0.3) is 0 Å². The molecule has 0 aliphatic carbocycles. The lowest BCUT2D eigenvalue weighted by Gasteiger charge is -2.00. The zero-order valence-corrected chi connectivity index (χ0v) is 5.83. The van der Waals surface area contributed by atoms with E-state index in [2.05, 4.69) is 4.98 Å². The molecule has 0 fully saturated rings. The van der Waals surface area contributed by atoms with Crippen LogP contribution in [0.2, 0.25) is 0 Å². The van der Waals surface area contributed by atoms with Gasteiger partial charge in [-0.1, -0.05) is 0 Å². The molecule has 0 saturated carbocycles. The highest BCUT2D eigenvalue weighted by molar-refractivity contribution is 5.11. The monoisotopic (exact) mass is 140 g/mol. The summed E-state index contributed by atoms with van der Waals surface area (Å²) >= 11 is 0. The maximum absolute atomic E-state index is 10.6. The van der Waals surface area contributed by atoms with Gasteiger partial charge in [0.15, 0.2) is 0 Å². The van der Waals surface area contributed by atoms with Gasteiger partial charge in [-0.3, -0.25) is 0 Å². The van der Waals surface area contributed by atoms with Crippen molar-refractivity contribution in [1.82, 2.24) is 9.71 Å². The fourth-order valence-electron chi connectivity index (χ4n) is 0.611. The Labute approximate surface area is 57.7 Å². The van der Waals surface area contributed by atoms with Crippen LogP contribution in [0, 0.1) is 13.8 Å². The highest BCUT2D eigenvalue weighted by atomic mass is 16.5. The molecule has 1 heterocycles. The van der Waals surface area contributed by atoms with Gasteiger partial charge in [-0.2, -0.15) is 4.98 Å². The molecule has 1 N–H and O–H groups in total. The molecule has 1 aromatic rings. The lowest BCUT2D eigenvalue weighted by molar-refractivity contribution is 0.162. The Hall–Kier alpha value is -1.32. The van der Waals surface area contributed by atoms with Crippen molar-refractivity contribution in [3.05, 3.63) is 27.9 Å². The highest BCUT2D eigenvalue weighted by Crippen LogP contribution is 1.97. The van der Waals surface area contributed by atoms with Crippen molar-refractivity contribution in [2.75, 3.05) is 0 Å². The summed E-state index contributed by atoms with van der Waals surface area (Å²) in [5.74, 6) is 0. The molecule has 4 nitrogen and oxygen atoms in total. The second-order valence-electron chi connectivity index (χ2n) is 2.12. The Morgan fingerprint density at radius 1 is 1.60 bits per heavy atom. The zero-order valence-electron chi connectivity index (χ0n) is 5.83. The molecule has 0 aliphatic heterocycles. The topological polar surface area (TPSA) is 55.1 Å². The van der Waals surface area contributed by atoms with Gasteiger partial charge in [-0.25, -0.2) is 4.79 Å². The van der Waals surface area contributed by atoms with Gasteiger partial charge in [0.05, 0.1) is 5.69 Å². The van der Waals surface area contributed by atoms with Gasteiger partial charge in [0.1, 0.15) is 0 Å². The number of aryl methyl sites for hydroxylation is 1. The Balaban J connectivity index is 3.49. The van der Waals surface area contributed by atoms with E-state index in [1.165, 1.54) is 6.20 Å². The first-order valence-corrected chi connectivity index (χ1v) is 2.87. The number of rotatable bonds is 0. The van der Waals surface area contributed by atoms with Crippen molar-refractivity contribution >= 4 is 0 Å². The standard InChI is InChI=1S/C6H8N2O2/c1-4-3-7-6(9)8(10)5(4)2/h3,10H,1-2H3. The van der Waals surface area contributed by atoms with Crippen LogP contribution in [-0.2, 0) is 0 Å². The Morgan fingerprint density at radius 3 is 2.70 bits per heavy atom. The van der Waals surface area contributed by atoms with Crippen LogP contribution >= 0.6 is 0 Å². The minimum absolute atomic E-state index is 0.528. The van der Waals surface area contributed by atoms with Crippen LogP contribution < -0.4 is 5.69 Å². The van der Waals surface area contributed by atoms with E-state index < -0.39 is 5.69 Å². The summed E-state index contributed by atoms with van der Waals surface area (Å²) in [6.07, 6.45) is 1.43. The van der Waals surface area contributed by atoms with Gasteiger partial charge in [-0.05, 0) is 19.4 Å². The molecule has 54 valence electrons. The van der Waals surface area contributed by atoms with Gasteiger partial charge >= 0.3 is 5.69 Å². The molecule has 0 aromatic carbocycles. The van der Waals surface area contributed by atoms with E-state index in [9.17, 15) is 4.79 Å². The van der Waals surface area contributed by atoms with Crippen molar-refractivity contribution < 1.29 is 5.21 Å². The minimum Gasteiger partial charge on any atom is -0.424 e. The fraction of sp³-hybridized carbons (Fsp3) is 0.333. The first-order valence-electron chi connectivity index (χ1n) is 2.87. The van der Waals surface area contributed by atoms with E-state index in [1.54, 1.807) is 13.8 Å². The second kappa shape index (κ2) is 2.13. The van der Waals surface area contributed by atoms with Crippen LogP contribution in [0.4, 0.5) is 0 Å². The first kappa shape index (κ1) is 6.80. The van der Waals surface area contributed by atoms with Crippen molar-refractivity contribution in [2.45, 2.75) is 13.8 Å². The zero-order chi connectivity index (χ0) is 7.72. The van der Waals surface area contributed by atoms with Crippen molar-refractivity contribution in [1.29, 1.82) is 0 Å². The number of hydrogen-bond acceptors (Lipinski definition) is 3. The van der Waals surface area contributed by atoms with Crippen LogP contribution in [-0.4, -0.2) is 14.9 Å². The lowest BCUT2D eigenvalue weighted by Crippen LogP contribution is -2.23. The third-order valence-corrected chi connectivity index (χ3v) is 1.44. The normalized spacial score (nSPS) is 9.80. The van der Waals surface area contributed by atoms with E-state index in [0.717, 1.165) is 5.56 Å². The summed E-state index contributed by atoms with van der Waals surface area (Å²) in [6, 6.07) is 0. The van der Waals surface area contributed by atoms with E-state index in [0.29, 0.717) is 10.4 Å². The molecule has 0 bridgehead atoms. The molecule has 0 saturated heterocycles. The second-order valence-corrected chi connectivity index (χ2v) is 2.12. The molecule has 4 heteroatoms. The molecule has 0 radical (unpaired) electrons. The van der Waals surface area contributed by atoms with E-state index in [-0.39, 0.29) is 0 Å². The van der Waals surface area contributed by atoms with Crippen molar-refractivity contribution in [3.8, 4) is 0 Å². The maximum atomic E-state index is 10.6. The molecular weight excluding hydrogens is 132 g/mol. The van der Waals surface area contributed by atoms with Crippen LogP contribution in [0.5, 0.6) is 0 Å². The summed E-state index contributed by atoms with van der Waals surface area (Å²) in [5, 5.41) is 8.93. The maximum Gasteiger partial charge on any atom is 0.380 e. The Kier molecular flexibility index (Phi) is 1.45. The van der Waals surface area contributed by atoms with Crippen LogP contribution in [0.25, 0.3) is 0 Å². The van der Waals surface area contributed by atoms with E-state index >= 15 is 0 Å². The van der Waals surface area contributed by atoms with Gasteiger partial charge in [-0.15, -0.1) is 4.73 Å². The van der Waals surface area contributed by atoms with E-state index in [4.69, 9.17) is 5.21 Å². The minimum atomic E-state index is -0.636. The third-order valence-electron chi connectivity index (χ3n) is 1.44. The van der Waals surface area contributed by atoms with Crippen LogP contribution in [0.15, 0.2) is 11.0 Å². The summed E-state index contributed by atoms with van der Waals surface area (Å²) in [7, 11) is 0. The van der Waals surface area contributed by atoms with Crippen molar-refractivity contribution in [3.63, 3.8) is 0 Å². The molecule has 1 rings (SSSR count). The van der Waals surface area contributed by atoms with Crippen molar-refractivity contribution in [2.24, 2.45) is 0 Å². The average molecular weight is 140 g/mol. The number of nitrogens with zero attached hydrogens (tertiary/aromatic N) is 2. The number of aromatic nitrogens is 2. The molecular formula is C6H8N2O2. The smallest absolute Gasteiger partial charge is 0.380 e. The molecule has 0 atom stereocenters. The van der Waals surface area contributed by atoms with Crippen LogP contribution in [0.3, 0.4) is 0 Å². The predicted molar refractivity (Wildman–Crippen MR) is 35.2 cm³/mol. The molecule has 0 unspecified atom stereocenters. The summed E-state index contributed by atoms with van der Waals surface area (Å²) in [6.45, 7) is 3.42. The third kappa shape index (κ3) is 0.877. The molecule has 0 aliphatic rings. The largest absolute Gasteiger partial charge is 0.424 e. The lowest BCUT2D eigenvalue weighted by atomic mass is 10.3. The fourth-order valence-corrected chi connectivity index (χ4v) is 0.611. The first-order chi connectivity index (χ1) is 4.63. The van der Waals surface area contributed by atoms with Gasteiger partial charge in [0.2, 0.25) is 0 Å². The predicted octanol–water partition coefficient (Wildman–Crippen LogP) is 0.0974.